The van der Waals surface area contributed by atoms with E-state index in [1.807, 2.05) is 60.9 Å². The maximum Gasteiger partial charge on any atom is 0.123 e. The van der Waals surface area contributed by atoms with Crippen LogP contribution in [0.3, 0.4) is 0 Å². The molecule has 0 unspecified atom stereocenters. The number of rotatable bonds is 4. The van der Waals surface area contributed by atoms with Crippen molar-refractivity contribution in [2.45, 2.75) is 0 Å². The van der Waals surface area contributed by atoms with E-state index in [0.717, 1.165) is 42.3 Å². The third-order valence-corrected chi connectivity index (χ3v) is 7.99. The molecule has 4 N–H and O–H groups in total. The summed E-state index contributed by atoms with van der Waals surface area (Å²) in [6.07, 6.45) is 3.89. The van der Waals surface area contributed by atoms with E-state index in [9.17, 15) is 0 Å². The van der Waals surface area contributed by atoms with Gasteiger partial charge in [-0.15, -0.1) is 34.0 Å². The Hall–Kier alpha value is -3.00. The predicted molar refractivity (Wildman–Crippen MR) is 126 cm³/mol. The average molecular weight is 433 g/mol. The van der Waals surface area contributed by atoms with Crippen LogP contribution in [0.15, 0.2) is 73.1 Å². The van der Waals surface area contributed by atoms with Gasteiger partial charge in [-0.25, -0.2) is 9.97 Å². The van der Waals surface area contributed by atoms with Crippen molar-refractivity contribution in [1.82, 2.24) is 9.97 Å². The molecule has 0 radical (unpaired) electrons. The molecule has 0 fully saturated rings. The predicted octanol–water partition coefficient (Wildman–Crippen LogP) is 6.49. The highest BCUT2D eigenvalue weighted by atomic mass is 32.1. The number of anilines is 2. The van der Waals surface area contributed by atoms with E-state index < -0.39 is 0 Å². The maximum absolute atomic E-state index is 5.78. The van der Waals surface area contributed by atoms with Crippen LogP contribution < -0.4 is 11.5 Å². The van der Waals surface area contributed by atoms with Crippen LogP contribution in [0, 0.1) is 0 Å². The van der Waals surface area contributed by atoms with Crippen molar-refractivity contribution in [3.05, 3.63) is 73.1 Å². The lowest BCUT2D eigenvalue weighted by Crippen LogP contribution is -1.82. The van der Waals surface area contributed by atoms with Crippen LogP contribution in [0.5, 0.6) is 0 Å². The normalized spacial score (nSPS) is 11.0. The molecular weight excluding hydrogens is 416 g/mol. The Morgan fingerprint density at radius 2 is 0.897 bits per heavy atom. The highest BCUT2D eigenvalue weighted by Crippen LogP contribution is 2.41. The molecule has 3 aromatic heterocycles. The molecule has 2 aromatic carbocycles. The number of nitrogens with zero attached hydrogens (tertiary/aromatic N) is 2. The first-order valence-corrected chi connectivity index (χ1v) is 11.3. The highest BCUT2D eigenvalue weighted by Gasteiger charge is 2.12. The Morgan fingerprint density at radius 1 is 0.483 bits per heavy atom. The summed E-state index contributed by atoms with van der Waals surface area (Å²) in [6, 6.07) is 20.0. The summed E-state index contributed by atoms with van der Waals surface area (Å²) in [5, 5.41) is 2.00. The van der Waals surface area contributed by atoms with Crippen molar-refractivity contribution in [2.75, 3.05) is 11.5 Å². The van der Waals surface area contributed by atoms with Gasteiger partial charge in [-0.2, -0.15) is 0 Å². The monoisotopic (exact) mass is 432 g/mol. The van der Waals surface area contributed by atoms with Gasteiger partial charge in [0.1, 0.15) is 10.0 Å². The minimum Gasteiger partial charge on any atom is -0.399 e. The van der Waals surface area contributed by atoms with Crippen molar-refractivity contribution >= 4 is 45.4 Å². The Morgan fingerprint density at radius 3 is 1.31 bits per heavy atom. The first kappa shape index (κ1) is 18.1. The van der Waals surface area contributed by atoms with Crippen molar-refractivity contribution in [2.24, 2.45) is 0 Å². The van der Waals surface area contributed by atoms with E-state index in [4.69, 9.17) is 11.5 Å². The molecule has 5 aromatic rings. The number of thiophene rings is 1. The van der Waals surface area contributed by atoms with E-state index >= 15 is 0 Å². The lowest BCUT2D eigenvalue weighted by atomic mass is 10.2. The van der Waals surface area contributed by atoms with Gasteiger partial charge in [-0.1, -0.05) is 0 Å². The molecule has 0 aliphatic carbocycles. The van der Waals surface area contributed by atoms with Crippen LogP contribution >= 0.6 is 34.0 Å². The Kier molecular flexibility index (Phi) is 4.63. The van der Waals surface area contributed by atoms with Gasteiger partial charge in [-0.3, -0.25) is 0 Å². The van der Waals surface area contributed by atoms with E-state index in [1.54, 1.807) is 34.0 Å². The second-order valence-electron chi connectivity index (χ2n) is 6.47. The smallest absolute Gasteiger partial charge is 0.123 e. The summed E-state index contributed by atoms with van der Waals surface area (Å²) in [6.45, 7) is 0. The summed E-state index contributed by atoms with van der Waals surface area (Å²) < 4.78 is 0. The molecule has 0 amide bonds. The number of aromatic nitrogens is 2. The molecule has 4 nitrogen and oxygen atoms in total. The first-order chi connectivity index (χ1) is 14.2. The van der Waals surface area contributed by atoms with Gasteiger partial charge >= 0.3 is 0 Å². The van der Waals surface area contributed by atoms with Crippen LogP contribution in [0.4, 0.5) is 11.4 Å². The molecule has 29 heavy (non-hydrogen) atoms. The highest BCUT2D eigenvalue weighted by molar-refractivity contribution is 7.27. The third-order valence-electron chi connectivity index (χ3n) is 4.42. The molecule has 0 spiro atoms. The molecule has 7 heteroatoms. The third kappa shape index (κ3) is 3.67. The quantitative estimate of drug-likeness (QED) is 0.318. The minimum absolute atomic E-state index is 0.760. The number of hydrogen-bond donors (Lipinski definition) is 2. The summed E-state index contributed by atoms with van der Waals surface area (Å²) in [7, 11) is 0. The topological polar surface area (TPSA) is 77.8 Å². The maximum atomic E-state index is 5.78. The van der Waals surface area contributed by atoms with Gasteiger partial charge in [0.25, 0.3) is 0 Å². The van der Waals surface area contributed by atoms with Gasteiger partial charge < -0.3 is 11.5 Å². The van der Waals surface area contributed by atoms with Gasteiger partial charge in [0.05, 0.1) is 9.75 Å². The number of hydrogen-bond acceptors (Lipinski definition) is 7. The molecular formula is C22H16N4S3. The van der Waals surface area contributed by atoms with Gasteiger partial charge in [0.2, 0.25) is 0 Å². The molecule has 0 aliphatic rings. The van der Waals surface area contributed by atoms with Crippen molar-refractivity contribution in [3.8, 4) is 40.7 Å². The fraction of sp³-hybridized carbons (Fsp3) is 0. The lowest BCUT2D eigenvalue weighted by Gasteiger charge is -1.96. The van der Waals surface area contributed by atoms with Gasteiger partial charge in [-0.05, 0) is 60.7 Å². The van der Waals surface area contributed by atoms with Crippen molar-refractivity contribution in [3.63, 3.8) is 0 Å². The number of nitrogen functional groups attached to an aromatic ring is 2. The second-order valence-corrected chi connectivity index (χ2v) is 9.61. The lowest BCUT2D eigenvalue weighted by molar-refractivity contribution is 1.41. The van der Waals surface area contributed by atoms with Crippen LogP contribution in [0.2, 0.25) is 0 Å². The first-order valence-electron chi connectivity index (χ1n) is 8.90. The standard InChI is InChI=1S/C22H16N4S3/c23-15-5-1-13(2-6-15)21-25-11-19(28-21)17-9-10-18(27-17)20-12-26-22(29-20)14-3-7-16(24)8-4-14/h1-12H,23-24H2. The molecule has 0 atom stereocenters. The largest absolute Gasteiger partial charge is 0.399 e. The van der Waals surface area contributed by atoms with Crippen LogP contribution in [-0.2, 0) is 0 Å². The number of nitrogens with two attached hydrogens (primary N) is 2. The molecule has 142 valence electrons. The zero-order valence-corrected chi connectivity index (χ0v) is 17.7. The Bertz CT molecular complexity index is 1170. The zero-order valence-electron chi connectivity index (χ0n) is 15.2. The van der Waals surface area contributed by atoms with Crippen LogP contribution in [-0.4, -0.2) is 9.97 Å². The Balaban J connectivity index is 1.40. The molecule has 5 rings (SSSR count). The van der Waals surface area contributed by atoms with E-state index in [1.165, 1.54) is 9.75 Å². The SMILES string of the molecule is Nc1ccc(-c2ncc(-c3ccc(-c4cnc(-c5ccc(N)cc5)s4)s3)s2)cc1. The Labute approximate surface area is 180 Å². The fourth-order valence-corrected chi connectivity index (χ4v) is 5.90. The van der Waals surface area contributed by atoms with Crippen LogP contribution in [0.1, 0.15) is 0 Å². The van der Waals surface area contributed by atoms with Crippen molar-refractivity contribution in [1.29, 1.82) is 0 Å². The molecule has 0 bridgehead atoms. The molecule has 0 aliphatic heterocycles. The fourth-order valence-electron chi connectivity index (χ4n) is 2.90. The van der Waals surface area contributed by atoms with Gasteiger partial charge in [0, 0.05) is 44.6 Å². The van der Waals surface area contributed by atoms with Crippen LogP contribution in [0.25, 0.3) is 40.7 Å². The zero-order chi connectivity index (χ0) is 19.8. The summed E-state index contributed by atoms with van der Waals surface area (Å²) in [5.41, 5.74) is 15.3. The van der Waals surface area contributed by atoms with E-state index in [-0.39, 0.29) is 0 Å². The van der Waals surface area contributed by atoms with Crippen molar-refractivity contribution < 1.29 is 0 Å². The molecule has 3 heterocycles. The number of benzene rings is 2. The number of thiazole rings is 2. The summed E-state index contributed by atoms with van der Waals surface area (Å²) in [5.74, 6) is 0. The van der Waals surface area contributed by atoms with Gasteiger partial charge in [0.15, 0.2) is 0 Å². The molecule has 0 saturated carbocycles. The van der Waals surface area contributed by atoms with E-state index in [2.05, 4.69) is 22.1 Å². The summed E-state index contributed by atoms with van der Waals surface area (Å²) in [4.78, 5) is 13.9. The minimum atomic E-state index is 0.760. The average Bonchev–Trinajstić information content (AvgIpc) is 3.48. The van der Waals surface area contributed by atoms with E-state index in [0.29, 0.717) is 0 Å². The molecule has 0 saturated heterocycles. The summed E-state index contributed by atoms with van der Waals surface area (Å²) >= 11 is 5.14. The second kappa shape index (κ2) is 7.44.